The van der Waals surface area contributed by atoms with Crippen LogP contribution in [0.15, 0.2) is 5.38 Å². The van der Waals surface area contributed by atoms with Crippen LogP contribution in [0.4, 0.5) is 0 Å². The lowest BCUT2D eigenvalue weighted by Crippen LogP contribution is -2.41. The van der Waals surface area contributed by atoms with Gasteiger partial charge in [0.15, 0.2) is 0 Å². The minimum absolute atomic E-state index is 0.0601. The molecular weight excluding hydrogens is 222 g/mol. The maximum absolute atomic E-state index is 11.5. The van der Waals surface area contributed by atoms with E-state index in [1.807, 2.05) is 19.2 Å². The van der Waals surface area contributed by atoms with Gasteiger partial charge in [-0.25, -0.2) is 4.98 Å². The number of hydrogen-bond acceptors (Lipinski definition) is 4. The molecule has 1 atom stereocenters. The molecule has 1 heterocycles. The highest BCUT2D eigenvalue weighted by Gasteiger charge is 2.11. The minimum Gasteiger partial charge on any atom is -0.354 e. The van der Waals surface area contributed by atoms with Crippen LogP contribution in [-0.2, 0) is 11.2 Å². The van der Waals surface area contributed by atoms with Gasteiger partial charge in [-0.05, 0) is 13.3 Å². The Morgan fingerprint density at radius 3 is 3.00 bits per heavy atom. The lowest BCUT2D eigenvalue weighted by Gasteiger charge is -2.10. The van der Waals surface area contributed by atoms with Crippen molar-refractivity contribution in [2.45, 2.75) is 39.2 Å². The molecule has 0 fully saturated rings. The Balaban J connectivity index is 2.22. The highest BCUT2D eigenvalue weighted by molar-refractivity contribution is 7.09. The number of nitrogens with one attached hydrogen (secondary N) is 1. The van der Waals surface area contributed by atoms with Gasteiger partial charge in [0.25, 0.3) is 0 Å². The van der Waals surface area contributed by atoms with Gasteiger partial charge >= 0.3 is 0 Å². The van der Waals surface area contributed by atoms with Gasteiger partial charge < -0.3 is 11.1 Å². The Kier molecular flexibility index (Phi) is 5.42. The summed E-state index contributed by atoms with van der Waals surface area (Å²) in [5, 5.41) is 5.90. The maximum Gasteiger partial charge on any atom is 0.236 e. The average Bonchev–Trinajstić information content (AvgIpc) is 2.64. The minimum atomic E-state index is -0.372. The molecule has 0 aromatic carbocycles. The van der Waals surface area contributed by atoms with Crippen molar-refractivity contribution in [1.82, 2.24) is 10.3 Å². The third-order valence-corrected chi connectivity index (χ3v) is 3.27. The lowest BCUT2D eigenvalue weighted by atomic mass is 10.2. The topological polar surface area (TPSA) is 68.0 Å². The van der Waals surface area contributed by atoms with Crippen LogP contribution in [0.25, 0.3) is 0 Å². The summed E-state index contributed by atoms with van der Waals surface area (Å²) >= 11 is 1.63. The Hall–Kier alpha value is -0.940. The first-order chi connectivity index (χ1) is 7.63. The van der Waals surface area contributed by atoms with Crippen molar-refractivity contribution >= 4 is 17.2 Å². The number of hydrogen-bond donors (Lipinski definition) is 2. The normalized spacial score (nSPS) is 12.4. The zero-order valence-electron chi connectivity index (χ0n) is 9.82. The molecule has 0 aliphatic rings. The van der Waals surface area contributed by atoms with Crippen LogP contribution in [0.3, 0.4) is 0 Å². The molecule has 1 aromatic rings. The van der Waals surface area contributed by atoms with E-state index in [4.69, 9.17) is 5.73 Å². The highest BCUT2D eigenvalue weighted by atomic mass is 32.1. The van der Waals surface area contributed by atoms with Crippen molar-refractivity contribution < 1.29 is 4.79 Å². The lowest BCUT2D eigenvalue weighted by molar-refractivity contribution is -0.122. The van der Waals surface area contributed by atoms with E-state index in [-0.39, 0.29) is 11.9 Å². The van der Waals surface area contributed by atoms with Gasteiger partial charge in [0.2, 0.25) is 5.91 Å². The Bertz CT molecular complexity index is 338. The summed E-state index contributed by atoms with van der Waals surface area (Å²) in [5.74, 6) is -0.0601. The second-order valence-corrected chi connectivity index (χ2v) is 4.76. The summed E-state index contributed by atoms with van der Waals surface area (Å²) in [7, 11) is 0. The predicted octanol–water partition coefficient (Wildman–Crippen LogP) is 1.24. The Labute approximate surface area is 100 Å². The van der Waals surface area contributed by atoms with Crippen LogP contribution in [0, 0.1) is 6.92 Å². The van der Waals surface area contributed by atoms with E-state index in [9.17, 15) is 4.79 Å². The molecule has 3 N–H and O–H groups in total. The molecular formula is C11H19N3OS. The Morgan fingerprint density at radius 2 is 2.44 bits per heavy atom. The first kappa shape index (κ1) is 13.1. The SMILES string of the molecule is CCC[C@H](N)C(=O)NCCc1nc(C)cs1. The van der Waals surface area contributed by atoms with Crippen LogP contribution in [0.2, 0.25) is 0 Å². The monoisotopic (exact) mass is 241 g/mol. The van der Waals surface area contributed by atoms with Gasteiger partial charge in [0, 0.05) is 24.0 Å². The van der Waals surface area contributed by atoms with Crippen LogP contribution in [0.1, 0.15) is 30.5 Å². The molecule has 0 spiro atoms. The molecule has 0 aliphatic carbocycles. The van der Waals surface area contributed by atoms with E-state index >= 15 is 0 Å². The third kappa shape index (κ3) is 4.28. The second kappa shape index (κ2) is 6.60. The zero-order valence-corrected chi connectivity index (χ0v) is 10.6. The van der Waals surface area contributed by atoms with Crippen LogP contribution >= 0.6 is 11.3 Å². The standard InChI is InChI=1S/C11H19N3OS/c1-3-4-9(12)11(15)13-6-5-10-14-8(2)7-16-10/h7,9H,3-6,12H2,1-2H3,(H,13,15)/t9-/m0/s1. The number of aryl methyl sites for hydroxylation is 1. The number of rotatable bonds is 6. The van der Waals surface area contributed by atoms with Crippen molar-refractivity contribution in [3.05, 3.63) is 16.1 Å². The third-order valence-electron chi connectivity index (χ3n) is 2.24. The molecule has 5 heteroatoms. The largest absolute Gasteiger partial charge is 0.354 e. The summed E-state index contributed by atoms with van der Waals surface area (Å²) in [6.45, 7) is 4.60. The number of amides is 1. The molecule has 0 unspecified atom stereocenters. The van der Waals surface area contributed by atoms with Gasteiger partial charge in [0.05, 0.1) is 11.0 Å². The zero-order chi connectivity index (χ0) is 12.0. The van der Waals surface area contributed by atoms with Gasteiger partial charge in [-0.1, -0.05) is 13.3 Å². The second-order valence-electron chi connectivity index (χ2n) is 3.82. The fourth-order valence-corrected chi connectivity index (χ4v) is 2.16. The molecule has 0 radical (unpaired) electrons. The number of aromatic nitrogens is 1. The molecule has 0 aliphatic heterocycles. The molecule has 1 aromatic heterocycles. The molecule has 1 amide bonds. The first-order valence-corrected chi connectivity index (χ1v) is 6.45. The van der Waals surface area contributed by atoms with E-state index < -0.39 is 0 Å². The fraction of sp³-hybridized carbons (Fsp3) is 0.636. The van der Waals surface area contributed by atoms with E-state index in [0.717, 1.165) is 30.0 Å². The number of carbonyl (C=O) groups is 1. The fourth-order valence-electron chi connectivity index (χ4n) is 1.38. The molecule has 0 bridgehead atoms. The van der Waals surface area contributed by atoms with Gasteiger partial charge in [-0.3, -0.25) is 4.79 Å². The van der Waals surface area contributed by atoms with Crippen molar-refractivity contribution in [2.24, 2.45) is 5.73 Å². The average molecular weight is 241 g/mol. The quantitative estimate of drug-likeness (QED) is 0.787. The molecule has 0 saturated heterocycles. The van der Waals surface area contributed by atoms with Crippen LogP contribution in [0.5, 0.6) is 0 Å². The smallest absolute Gasteiger partial charge is 0.236 e. The van der Waals surface area contributed by atoms with Crippen molar-refractivity contribution in [3.63, 3.8) is 0 Å². The first-order valence-electron chi connectivity index (χ1n) is 5.57. The maximum atomic E-state index is 11.5. The van der Waals surface area contributed by atoms with E-state index in [1.54, 1.807) is 11.3 Å². The molecule has 0 saturated carbocycles. The highest BCUT2D eigenvalue weighted by Crippen LogP contribution is 2.08. The predicted molar refractivity (Wildman–Crippen MR) is 66.4 cm³/mol. The summed E-state index contributed by atoms with van der Waals surface area (Å²) in [6.07, 6.45) is 2.45. The number of thiazole rings is 1. The summed E-state index contributed by atoms with van der Waals surface area (Å²) in [6, 6.07) is -0.372. The van der Waals surface area contributed by atoms with E-state index in [0.29, 0.717) is 6.54 Å². The van der Waals surface area contributed by atoms with Gasteiger partial charge in [-0.15, -0.1) is 11.3 Å². The molecule has 4 nitrogen and oxygen atoms in total. The number of nitrogens with zero attached hydrogens (tertiary/aromatic N) is 1. The molecule has 16 heavy (non-hydrogen) atoms. The molecule has 90 valence electrons. The van der Waals surface area contributed by atoms with Gasteiger partial charge in [0.1, 0.15) is 0 Å². The van der Waals surface area contributed by atoms with Crippen molar-refractivity contribution in [1.29, 1.82) is 0 Å². The van der Waals surface area contributed by atoms with E-state index in [1.165, 1.54) is 0 Å². The van der Waals surface area contributed by atoms with Gasteiger partial charge in [-0.2, -0.15) is 0 Å². The van der Waals surface area contributed by atoms with Crippen LogP contribution in [-0.4, -0.2) is 23.5 Å². The van der Waals surface area contributed by atoms with Crippen molar-refractivity contribution in [2.75, 3.05) is 6.54 Å². The number of nitrogens with two attached hydrogens (primary N) is 1. The van der Waals surface area contributed by atoms with Crippen molar-refractivity contribution in [3.8, 4) is 0 Å². The number of carbonyl (C=O) groups excluding carboxylic acids is 1. The Morgan fingerprint density at radius 1 is 1.69 bits per heavy atom. The summed E-state index contributed by atoms with van der Waals surface area (Å²) in [4.78, 5) is 15.8. The molecule has 1 rings (SSSR count). The van der Waals surface area contributed by atoms with E-state index in [2.05, 4.69) is 10.3 Å². The summed E-state index contributed by atoms with van der Waals surface area (Å²) in [5.41, 5.74) is 6.72. The summed E-state index contributed by atoms with van der Waals surface area (Å²) < 4.78 is 0. The van der Waals surface area contributed by atoms with Crippen LogP contribution < -0.4 is 11.1 Å².